The van der Waals surface area contributed by atoms with Gasteiger partial charge in [-0.25, -0.2) is 0 Å². The largest absolute Gasteiger partial charge is 0.462 e. The Kier molecular flexibility index (Phi) is 45.2. The van der Waals surface area contributed by atoms with Crippen LogP contribution in [0.3, 0.4) is 0 Å². The molecule has 0 aromatic carbocycles. The Morgan fingerprint density at radius 3 is 0.852 bits per heavy atom. The Hall–Kier alpha value is -1.59. The van der Waals surface area contributed by atoms with Crippen molar-refractivity contribution in [3.05, 3.63) is 0 Å². The Balaban J connectivity index is 4.28. The van der Waals surface area contributed by atoms with Gasteiger partial charge in [-0.05, 0) is 37.0 Å². The number of esters is 3. The third kappa shape index (κ3) is 47.7. The van der Waals surface area contributed by atoms with Gasteiger partial charge < -0.3 is 14.2 Å². The molecule has 0 saturated carbocycles. The van der Waals surface area contributed by atoms with Crippen LogP contribution in [0, 0.1) is 17.8 Å². The standard InChI is InChI=1S/C55H106O6/c1-7-51(6)43-37-31-25-19-15-10-8-9-11-17-21-27-34-40-46-55(58)61-52(48-60-54(57)45-39-33-28-22-24-30-36-42-50(4)5)47-59-53(56)44-38-32-26-20-16-13-12-14-18-23-29-35-41-49(2)3/h49-52H,7-48H2,1-6H3/t51?,52-/m1/s1. The fourth-order valence-electron chi connectivity index (χ4n) is 8.26. The summed E-state index contributed by atoms with van der Waals surface area (Å²) in [4.78, 5) is 38.0. The second-order valence-electron chi connectivity index (χ2n) is 20.1. The molecule has 0 aliphatic carbocycles. The highest BCUT2D eigenvalue weighted by atomic mass is 16.6. The second kappa shape index (κ2) is 46.4. The van der Waals surface area contributed by atoms with E-state index < -0.39 is 6.10 Å². The lowest BCUT2D eigenvalue weighted by molar-refractivity contribution is -0.167. The number of rotatable bonds is 48. The average Bonchev–Trinajstić information content (AvgIpc) is 3.23. The molecule has 0 amide bonds. The molecular formula is C55H106O6. The Labute approximate surface area is 380 Å². The van der Waals surface area contributed by atoms with Gasteiger partial charge in [-0.15, -0.1) is 0 Å². The van der Waals surface area contributed by atoms with Gasteiger partial charge in [0, 0.05) is 19.3 Å². The van der Waals surface area contributed by atoms with Crippen molar-refractivity contribution in [1.82, 2.24) is 0 Å². The molecule has 0 N–H and O–H groups in total. The van der Waals surface area contributed by atoms with Crippen LogP contribution < -0.4 is 0 Å². The predicted octanol–water partition coefficient (Wildman–Crippen LogP) is 17.6. The number of unbranched alkanes of at least 4 members (excludes halogenated alkanes) is 30. The summed E-state index contributed by atoms with van der Waals surface area (Å²) in [5, 5.41) is 0. The van der Waals surface area contributed by atoms with Crippen molar-refractivity contribution in [2.45, 2.75) is 304 Å². The van der Waals surface area contributed by atoms with Gasteiger partial charge in [0.2, 0.25) is 0 Å². The van der Waals surface area contributed by atoms with Gasteiger partial charge in [0.15, 0.2) is 6.10 Å². The minimum Gasteiger partial charge on any atom is -0.462 e. The van der Waals surface area contributed by atoms with Gasteiger partial charge in [0.1, 0.15) is 13.2 Å². The van der Waals surface area contributed by atoms with E-state index in [9.17, 15) is 14.4 Å². The number of ether oxygens (including phenoxy) is 3. The lowest BCUT2D eigenvalue weighted by Gasteiger charge is -2.18. The van der Waals surface area contributed by atoms with Crippen LogP contribution in [0.4, 0.5) is 0 Å². The number of carbonyl (C=O) groups is 3. The van der Waals surface area contributed by atoms with Crippen LogP contribution in [0.2, 0.25) is 0 Å². The summed E-state index contributed by atoms with van der Waals surface area (Å²) in [6.07, 6.45) is 46.6. The summed E-state index contributed by atoms with van der Waals surface area (Å²) in [6.45, 7) is 13.7. The van der Waals surface area contributed by atoms with Crippen molar-refractivity contribution >= 4 is 17.9 Å². The zero-order valence-electron chi connectivity index (χ0n) is 42.0. The molecule has 0 aromatic rings. The molecule has 0 spiro atoms. The van der Waals surface area contributed by atoms with Gasteiger partial charge in [-0.3, -0.25) is 14.4 Å². The molecule has 0 bridgehead atoms. The lowest BCUT2D eigenvalue weighted by Crippen LogP contribution is -2.30. The summed E-state index contributed by atoms with van der Waals surface area (Å²) >= 11 is 0. The highest BCUT2D eigenvalue weighted by Gasteiger charge is 2.19. The molecule has 1 unspecified atom stereocenters. The molecule has 0 radical (unpaired) electrons. The first kappa shape index (κ1) is 59.4. The molecule has 0 heterocycles. The highest BCUT2D eigenvalue weighted by Crippen LogP contribution is 2.18. The molecule has 6 nitrogen and oxygen atoms in total. The van der Waals surface area contributed by atoms with E-state index in [1.165, 1.54) is 180 Å². The van der Waals surface area contributed by atoms with E-state index in [0.717, 1.165) is 75.5 Å². The summed E-state index contributed by atoms with van der Waals surface area (Å²) in [6, 6.07) is 0. The SMILES string of the molecule is CCC(C)CCCCCCCCCCCCCCCCC(=O)O[C@H](COC(=O)CCCCCCCCCCCCCCC(C)C)COC(=O)CCCCCCCCCC(C)C. The second-order valence-corrected chi connectivity index (χ2v) is 20.1. The van der Waals surface area contributed by atoms with Crippen LogP contribution in [0.15, 0.2) is 0 Å². The first-order valence-electron chi connectivity index (χ1n) is 27.1. The van der Waals surface area contributed by atoms with E-state index in [-0.39, 0.29) is 31.1 Å². The van der Waals surface area contributed by atoms with Crippen LogP contribution >= 0.6 is 0 Å². The fraction of sp³-hybridized carbons (Fsp3) is 0.945. The summed E-state index contributed by atoms with van der Waals surface area (Å²) in [5.74, 6) is 1.66. The van der Waals surface area contributed by atoms with E-state index in [4.69, 9.17) is 14.2 Å². The van der Waals surface area contributed by atoms with Gasteiger partial charge >= 0.3 is 17.9 Å². The van der Waals surface area contributed by atoms with Crippen molar-refractivity contribution in [3.63, 3.8) is 0 Å². The van der Waals surface area contributed by atoms with Crippen molar-refractivity contribution in [2.24, 2.45) is 17.8 Å². The minimum atomic E-state index is -0.763. The van der Waals surface area contributed by atoms with E-state index in [1.54, 1.807) is 0 Å². The Morgan fingerprint density at radius 1 is 0.328 bits per heavy atom. The van der Waals surface area contributed by atoms with Gasteiger partial charge in [-0.2, -0.15) is 0 Å². The average molecular weight is 863 g/mol. The first-order valence-corrected chi connectivity index (χ1v) is 27.1. The van der Waals surface area contributed by atoms with Crippen LogP contribution in [0.5, 0.6) is 0 Å². The van der Waals surface area contributed by atoms with E-state index in [0.29, 0.717) is 19.3 Å². The van der Waals surface area contributed by atoms with Gasteiger partial charge in [0.05, 0.1) is 0 Å². The first-order chi connectivity index (χ1) is 29.6. The third-order valence-electron chi connectivity index (χ3n) is 12.8. The maximum Gasteiger partial charge on any atom is 0.306 e. The minimum absolute atomic E-state index is 0.0647. The number of hydrogen-bond donors (Lipinski definition) is 0. The quantitative estimate of drug-likeness (QED) is 0.0344. The summed E-state index contributed by atoms with van der Waals surface area (Å²) < 4.78 is 16.8. The van der Waals surface area contributed by atoms with Crippen molar-refractivity contribution in [3.8, 4) is 0 Å². The maximum atomic E-state index is 12.8. The molecule has 2 atom stereocenters. The van der Waals surface area contributed by atoms with Crippen molar-refractivity contribution in [2.75, 3.05) is 13.2 Å². The van der Waals surface area contributed by atoms with Crippen molar-refractivity contribution < 1.29 is 28.6 Å². The molecule has 0 saturated heterocycles. The number of hydrogen-bond acceptors (Lipinski definition) is 6. The van der Waals surface area contributed by atoms with Gasteiger partial charge in [0.25, 0.3) is 0 Å². The molecular weight excluding hydrogens is 757 g/mol. The summed E-state index contributed by atoms with van der Waals surface area (Å²) in [5.41, 5.74) is 0. The molecule has 362 valence electrons. The molecule has 61 heavy (non-hydrogen) atoms. The van der Waals surface area contributed by atoms with Crippen LogP contribution in [-0.2, 0) is 28.6 Å². The van der Waals surface area contributed by atoms with E-state index in [2.05, 4.69) is 41.5 Å². The number of carbonyl (C=O) groups excluding carboxylic acids is 3. The fourth-order valence-corrected chi connectivity index (χ4v) is 8.26. The predicted molar refractivity (Wildman–Crippen MR) is 261 cm³/mol. The van der Waals surface area contributed by atoms with Crippen LogP contribution in [0.1, 0.15) is 298 Å². The molecule has 6 heteroatoms. The Morgan fingerprint density at radius 2 is 0.574 bits per heavy atom. The zero-order valence-corrected chi connectivity index (χ0v) is 42.0. The maximum absolute atomic E-state index is 12.8. The third-order valence-corrected chi connectivity index (χ3v) is 12.8. The molecule has 0 aliphatic rings. The van der Waals surface area contributed by atoms with E-state index >= 15 is 0 Å². The lowest BCUT2D eigenvalue weighted by atomic mass is 9.99. The highest BCUT2D eigenvalue weighted by molar-refractivity contribution is 5.71. The summed E-state index contributed by atoms with van der Waals surface area (Å²) in [7, 11) is 0. The molecule has 0 aliphatic heterocycles. The van der Waals surface area contributed by atoms with Gasteiger partial charge in [-0.1, -0.05) is 260 Å². The molecule has 0 rings (SSSR count). The zero-order chi connectivity index (χ0) is 44.9. The Bertz CT molecular complexity index is 947. The topological polar surface area (TPSA) is 78.9 Å². The monoisotopic (exact) mass is 863 g/mol. The van der Waals surface area contributed by atoms with Crippen molar-refractivity contribution in [1.29, 1.82) is 0 Å². The smallest absolute Gasteiger partial charge is 0.306 e. The molecule has 0 aromatic heterocycles. The molecule has 0 fully saturated rings. The normalized spacial score (nSPS) is 12.6. The van der Waals surface area contributed by atoms with Crippen LogP contribution in [-0.4, -0.2) is 37.2 Å². The van der Waals surface area contributed by atoms with Crippen LogP contribution in [0.25, 0.3) is 0 Å². The van der Waals surface area contributed by atoms with E-state index in [1.807, 2.05) is 0 Å².